The number of H-pyrrole nitrogens is 1. The van der Waals surface area contributed by atoms with Crippen LogP contribution in [0.15, 0.2) is 45.0 Å². The Morgan fingerprint density at radius 3 is 2.97 bits per heavy atom. The number of aromatic amines is 1. The summed E-state index contributed by atoms with van der Waals surface area (Å²) >= 11 is 5.20. The molecule has 35 heavy (non-hydrogen) atoms. The molecule has 0 radical (unpaired) electrons. The van der Waals surface area contributed by atoms with Crippen molar-refractivity contribution in [2.45, 2.75) is 16.4 Å². The number of rotatable bonds is 11. The van der Waals surface area contributed by atoms with Crippen LogP contribution < -0.4 is 11.1 Å². The Hall–Kier alpha value is -3.02. The van der Waals surface area contributed by atoms with Crippen LogP contribution in [0.3, 0.4) is 0 Å². The number of nitrogen functional groups attached to an aromatic ring is 1. The minimum atomic E-state index is -1.21. The molecule has 0 saturated carbocycles. The van der Waals surface area contributed by atoms with Gasteiger partial charge in [-0.1, -0.05) is 34.8 Å². The number of carboxylic acids is 1. The number of thiazole rings is 1. The van der Waals surface area contributed by atoms with Crippen molar-refractivity contribution in [3.63, 3.8) is 0 Å². The molecule has 4 heterocycles. The molecule has 2 aromatic rings. The van der Waals surface area contributed by atoms with E-state index in [4.69, 9.17) is 10.6 Å². The van der Waals surface area contributed by atoms with E-state index in [2.05, 4.69) is 37.4 Å². The topological polar surface area (TPSA) is 189 Å². The number of β-lactam (4-membered cyclic amide) rings is 1. The zero-order valence-corrected chi connectivity index (χ0v) is 21.0. The quantitative estimate of drug-likeness (QED) is 0.0586. The van der Waals surface area contributed by atoms with Crippen molar-refractivity contribution in [2.24, 2.45) is 5.16 Å². The molecule has 0 bridgehead atoms. The zero-order valence-electron chi connectivity index (χ0n) is 17.7. The molecule has 17 heteroatoms. The van der Waals surface area contributed by atoms with Crippen molar-refractivity contribution in [1.29, 1.82) is 0 Å². The molecule has 4 rings (SSSR count). The molecular weight excluding hydrogens is 537 g/mol. The van der Waals surface area contributed by atoms with Crippen molar-refractivity contribution in [3.8, 4) is 0 Å². The number of nitrogens with one attached hydrogen (secondary N) is 2. The van der Waals surface area contributed by atoms with E-state index in [1.165, 1.54) is 46.3 Å². The van der Waals surface area contributed by atoms with E-state index < -0.39 is 29.2 Å². The second-order valence-electron chi connectivity index (χ2n) is 6.75. The highest BCUT2D eigenvalue weighted by Crippen LogP contribution is 2.44. The fourth-order valence-corrected chi connectivity index (χ4v) is 7.21. The molecule has 2 atom stereocenters. The minimum Gasteiger partial charge on any atom is -0.477 e. The number of aliphatic carboxylic acids is 1. The van der Waals surface area contributed by atoms with Gasteiger partial charge in [0.05, 0.1) is 11.3 Å². The summed E-state index contributed by atoms with van der Waals surface area (Å²) in [4.78, 5) is 48.8. The van der Waals surface area contributed by atoms with Gasteiger partial charge in [0.15, 0.2) is 10.8 Å². The number of carbonyl (C=O) groups excluding carboxylic acids is 2. The lowest BCUT2D eigenvalue weighted by Gasteiger charge is -2.49. The SMILES string of the molecule is C=CCO/N=C(\C(=O)N[C@@H]1C(=O)N2C(C(=O)O)=C(SCSc3c[nH]nn3)CS[C@@H]12)c1csc(N)n1. The van der Waals surface area contributed by atoms with Crippen LogP contribution in [0.2, 0.25) is 0 Å². The molecule has 1 fully saturated rings. The van der Waals surface area contributed by atoms with Crippen LogP contribution in [0.4, 0.5) is 5.13 Å². The third-order valence-corrected chi connectivity index (χ3v) is 8.85. The molecule has 1 saturated heterocycles. The van der Waals surface area contributed by atoms with Crippen molar-refractivity contribution in [1.82, 2.24) is 30.6 Å². The number of nitrogens with two attached hydrogens (primary N) is 1. The standard InChI is InChI=1S/C18H18N8O5S4/c1-2-3-31-24-11(8-5-33-18(19)21-8)14(27)22-12-15(28)26-13(17(29)30)9(6-32-16(12)26)34-7-35-10-4-20-25-23-10/h2,4-5,12,16H,1,3,6-7H2,(H2,19,21)(H,22,27)(H,29,30)(H,20,23,25)/b24-11-/t12-,16+/m1/s1. The van der Waals surface area contributed by atoms with Gasteiger partial charge < -0.3 is 21.0 Å². The molecule has 0 spiro atoms. The number of amides is 2. The molecule has 0 aliphatic carbocycles. The van der Waals surface area contributed by atoms with E-state index >= 15 is 0 Å². The van der Waals surface area contributed by atoms with E-state index in [1.54, 1.807) is 11.6 Å². The summed E-state index contributed by atoms with van der Waals surface area (Å²) in [6.45, 7) is 3.58. The predicted octanol–water partition coefficient (Wildman–Crippen LogP) is 0.929. The highest BCUT2D eigenvalue weighted by atomic mass is 32.2. The smallest absolute Gasteiger partial charge is 0.353 e. The number of carboxylic acid groups (broad SMARTS) is 1. The fraction of sp³-hybridized carbons (Fsp3) is 0.278. The van der Waals surface area contributed by atoms with Gasteiger partial charge in [-0.3, -0.25) is 19.6 Å². The number of carbonyl (C=O) groups is 3. The number of hydrogen-bond donors (Lipinski definition) is 4. The van der Waals surface area contributed by atoms with Crippen LogP contribution in [-0.2, 0) is 19.2 Å². The molecule has 2 amide bonds. The lowest BCUT2D eigenvalue weighted by molar-refractivity contribution is -0.150. The number of anilines is 1. The van der Waals surface area contributed by atoms with Crippen molar-refractivity contribution in [3.05, 3.63) is 40.5 Å². The molecule has 2 aliphatic heterocycles. The van der Waals surface area contributed by atoms with Gasteiger partial charge >= 0.3 is 5.97 Å². The Labute approximate surface area is 215 Å². The second kappa shape index (κ2) is 11.1. The summed E-state index contributed by atoms with van der Waals surface area (Å²) < 4.78 is 0. The Bertz CT molecular complexity index is 1200. The molecule has 5 N–H and O–H groups in total. The maximum absolute atomic E-state index is 13.0. The molecule has 184 valence electrons. The molecular formula is C18H18N8O5S4. The van der Waals surface area contributed by atoms with Crippen LogP contribution >= 0.6 is 46.6 Å². The van der Waals surface area contributed by atoms with E-state index in [-0.39, 0.29) is 28.8 Å². The predicted molar refractivity (Wildman–Crippen MR) is 134 cm³/mol. The van der Waals surface area contributed by atoms with Crippen LogP contribution in [0.25, 0.3) is 0 Å². The second-order valence-corrected chi connectivity index (χ2v) is 11.2. The number of hydrogen-bond acceptors (Lipinski definition) is 13. The zero-order chi connectivity index (χ0) is 24.9. The summed E-state index contributed by atoms with van der Waals surface area (Å²) in [5.74, 6) is -2.05. The number of thioether (sulfide) groups is 3. The Kier molecular flexibility index (Phi) is 7.99. The molecule has 0 aromatic carbocycles. The van der Waals surface area contributed by atoms with Crippen LogP contribution in [0, 0.1) is 0 Å². The van der Waals surface area contributed by atoms with Gasteiger partial charge in [-0.05, 0) is 0 Å². The third kappa shape index (κ3) is 5.47. The molecule has 13 nitrogen and oxygen atoms in total. The highest BCUT2D eigenvalue weighted by Gasteiger charge is 2.54. The van der Waals surface area contributed by atoms with Crippen molar-refractivity contribution < 1.29 is 24.3 Å². The lowest BCUT2D eigenvalue weighted by Crippen LogP contribution is -2.71. The first-order chi connectivity index (χ1) is 16.9. The van der Waals surface area contributed by atoms with E-state index in [0.717, 1.165) is 11.3 Å². The summed E-state index contributed by atoms with van der Waals surface area (Å²) in [6, 6.07) is -0.932. The van der Waals surface area contributed by atoms with Crippen molar-refractivity contribution in [2.75, 3.05) is 23.2 Å². The molecule has 2 aliphatic rings. The monoisotopic (exact) mass is 554 g/mol. The summed E-state index contributed by atoms with van der Waals surface area (Å²) in [6.07, 6.45) is 3.09. The van der Waals surface area contributed by atoms with Gasteiger partial charge in [-0.25, -0.2) is 9.78 Å². The summed E-state index contributed by atoms with van der Waals surface area (Å²) in [5, 5.41) is 28.7. The van der Waals surface area contributed by atoms with E-state index in [9.17, 15) is 19.5 Å². The Morgan fingerprint density at radius 2 is 2.31 bits per heavy atom. The average Bonchev–Trinajstić information content (AvgIpc) is 3.51. The molecule has 2 aromatic heterocycles. The Balaban J connectivity index is 1.46. The number of aromatic nitrogens is 4. The van der Waals surface area contributed by atoms with Crippen LogP contribution in [0.5, 0.6) is 0 Å². The molecule has 0 unspecified atom stereocenters. The first-order valence-corrected chi connectivity index (χ1v) is 13.7. The maximum atomic E-state index is 13.0. The van der Waals surface area contributed by atoms with Gasteiger partial charge in [-0.15, -0.1) is 40.0 Å². The summed E-state index contributed by atoms with van der Waals surface area (Å²) in [7, 11) is 0. The lowest BCUT2D eigenvalue weighted by atomic mass is 10.0. The highest BCUT2D eigenvalue weighted by molar-refractivity contribution is 8.18. The van der Waals surface area contributed by atoms with Crippen molar-refractivity contribution >= 4 is 75.2 Å². The van der Waals surface area contributed by atoms with E-state index in [0.29, 0.717) is 20.8 Å². The van der Waals surface area contributed by atoms with Gasteiger partial charge in [0.1, 0.15) is 34.4 Å². The maximum Gasteiger partial charge on any atom is 0.353 e. The van der Waals surface area contributed by atoms with Gasteiger partial charge in [0, 0.05) is 16.0 Å². The van der Waals surface area contributed by atoms with Gasteiger partial charge in [-0.2, -0.15) is 0 Å². The third-order valence-electron chi connectivity index (χ3n) is 4.58. The first-order valence-electron chi connectivity index (χ1n) is 9.77. The Morgan fingerprint density at radius 1 is 1.49 bits per heavy atom. The fourth-order valence-electron chi connectivity index (χ4n) is 3.09. The summed E-state index contributed by atoms with van der Waals surface area (Å²) in [5.41, 5.74) is 5.63. The van der Waals surface area contributed by atoms with E-state index in [1.807, 2.05) is 0 Å². The van der Waals surface area contributed by atoms with Gasteiger partial charge in [0.2, 0.25) is 0 Å². The normalized spacial score (nSPS) is 19.7. The average molecular weight is 555 g/mol. The van der Waals surface area contributed by atoms with Crippen LogP contribution in [0.1, 0.15) is 5.69 Å². The van der Waals surface area contributed by atoms with Crippen LogP contribution in [-0.4, -0.2) is 82.8 Å². The number of fused-ring (bicyclic) bond motifs is 1. The minimum absolute atomic E-state index is 0.0627. The number of nitrogens with zero attached hydrogens (tertiary/aromatic N) is 5. The van der Waals surface area contributed by atoms with Gasteiger partial charge in [0.25, 0.3) is 11.8 Å². The largest absolute Gasteiger partial charge is 0.477 e. The first kappa shape index (κ1) is 25.1. The number of oxime groups is 1.